The average molecular weight is 512 g/mol. The first-order valence-corrected chi connectivity index (χ1v) is 14.7. The van der Waals surface area contributed by atoms with E-state index in [0.29, 0.717) is 61.8 Å². The van der Waals surface area contributed by atoms with Gasteiger partial charge in [-0.1, -0.05) is 24.6 Å². The minimum Gasteiger partial charge on any atom is -0.307 e. The Morgan fingerprint density at radius 3 is 2.65 bits per heavy atom. The molecule has 37 heavy (non-hydrogen) atoms. The van der Waals surface area contributed by atoms with Gasteiger partial charge in [0, 0.05) is 38.4 Å². The number of fused-ring (bicyclic) bond motifs is 5. The van der Waals surface area contributed by atoms with E-state index >= 15 is 0 Å². The molecule has 5 aliphatic rings. The van der Waals surface area contributed by atoms with E-state index in [1.165, 1.54) is 31.3 Å². The maximum absolute atomic E-state index is 12.8. The minimum absolute atomic E-state index is 0.152. The number of carbonyl (C=O) groups is 3. The van der Waals surface area contributed by atoms with Crippen molar-refractivity contribution in [2.45, 2.75) is 97.9 Å². The van der Waals surface area contributed by atoms with E-state index < -0.39 is 6.09 Å². The third-order valence-corrected chi connectivity index (χ3v) is 11.2. The maximum Gasteiger partial charge on any atom is 0.435 e. The minimum atomic E-state index is -0.429. The molecular weight excluding hydrogens is 466 g/mol. The first-order chi connectivity index (χ1) is 17.7. The third kappa shape index (κ3) is 4.70. The van der Waals surface area contributed by atoms with Crippen molar-refractivity contribution in [3.05, 3.63) is 11.6 Å². The quantitative estimate of drug-likeness (QED) is 0.297. The van der Waals surface area contributed by atoms with Gasteiger partial charge in [-0.2, -0.15) is 0 Å². The second-order valence-electron chi connectivity index (χ2n) is 12.8. The van der Waals surface area contributed by atoms with Crippen molar-refractivity contribution in [3.8, 4) is 0 Å². The predicted molar refractivity (Wildman–Crippen MR) is 143 cm³/mol. The number of nitrogens with zero attached hydrogens (tertiary/aromatic N) is 2. The van der Waals surface area contributed by atoms with Crippen LogP contribution in [0.5, 0.6) is 0 Å². The number of carbonyl (C=O) groups excluding carboxylic acids is 3. The Bertz CT molecular complexity index is 1000. The van der Waals surface area contributed by atoms with Gasteiger partial charge in [0.2, 0.25) is 0 Å². The monoisotopic (exact) mass is 511 g/mol. The van der Waals surface area contributed by atoms with E-state index in [0.717, 1.165) is 31.5 Å². The number of amides is 1. The summed E-state index contributed by atoms with van der Waals surface area (Å²) in [6.45, 7) is 10.6. The van der Waals surface area contributed by atoms with Crippen molar-refractivity contribution in [1.82, 2.24) is 10.2 Å². The number of Topliss-reactive ketones (excluding diaryl/α,β-unsaturated/α-hetero) is 1. The predicted octanol–water partition coefficient (Wildman–Crippen LogP) is 5.29. The summed E-state index contributed by atoms with van der Waals surface area (Å²) in [5.41, 5.74) is 2.73. The largest absolute Gasteiger partial charge is 0.435 e. The molecule has 1 unspecified atom stereocenters. The summed E-state index contributed by atoms with van der Waals surface area (Å²) in [6, 6.07) is -0.152. The number of rotatable bonds is 6. The second kappa shape index (κ2) is 10.3. The summed E-state index contributed by atoms with van der Waals surface area (Å²) in [7, 11) is 0. The lowest BCUT2D eigenvalue weighted by molar-refractivity contribution is -0.119. The fourth-order valence-electron chi connectivity index (χ4n) is 9.06. The molecule has 7 nitrogen and oxygen atoms in total. The molecule has 0 aromatic heterocycles. The lowest BCUT2D eigenvalue weighted by atomic mass is 9.46. The summed E-state index contributed by atoms with van der Waals surface area (Å²) >= 11 is 0. The number of hydrogen-bond donors (Lipinski definition) is 1. The Balaban J connectivity index is 1.22. The summed E-state index contributed by atoms with van der Waals surface area (Å²) in [5.74, 6) is 2.92. The van der Waals surface area contributed by atoms with Gasteiger partial charge in [-0.15, -0.1) is 0 Å². The van der Waals surface area contributed by atoms with E-state index in [9.17, 15) is 14.4 Å². The second-order valence-corrected chi connectivity index (χ2v) is 12.8. The smallest absolute Gasteiger partial charge is 0.307 e. The highest BCUT2D eigenvalue weighted by molar-refractivity contribution is 5.91. The molecule has 1 amide bonds. The Morgan fingerprint density at radius 1 is 1.11 bits per heavy atom. The molecule has 0 bridgehead atoms. The highest BCUT2D eigenvalue weighted by Crippen LogP contribution is 2.66. The van der Waals surface area contributed by atoms with Gasteiger partial charge in [0.25, 0.3) is 0 Å². The van der Waals surface area contributed by atoms with Gasteiger partial charge in [0.1, 0.15) is 0 Å². The van der Waals surface area contributed by atoms with Crippen molar-refractivity contribution in [3.63, 3.8) is 0 Å². The molecule has 0 aromatic rings. The average Bonchev–Trinajstić information content (AvgIpc) is 3.45. The van der Waals surface area contributed by atoms with Crippen LogP contribution in [0.25, 0.3) is 0 Å². The van der Waals surface area contributed by atoms with Crippen LogP contribution in [0.1, 0.15) is 91.9 Å². The van der Waals surface area contributed by atoms with Crippen molar-refractivity contribution in [1.29, 1.82) is 0 Å². The van der Waals surface area contributed by atoms with Gasteiger partial charge in [-0.05, 0) is 99.9 Å². The molecule has 4 fully saturated rings. The fraction of sp³-hybridized carbons (Fsp3) is 0.800. The van der Waals surface area contributed by atoms with Crippen LogP contribution in [0.4, 0.5) is 4.79 Å². The SMILES string of the molecule is CCN(CCC1NCCC1=O)C(=O)O/N=C(\C)[C@H]1CC[C@H]2[C@@H]3CCC4=CC(=O)CC[C@]4(C)[C@H]3CC[C@]12C. The molecule has 4 aliphatic carbocycles. The number of oxime groups is 1. The molecule has 7 atom stereocenters. The summed E-state index contributed by atoms with van der Waals surface area (Å²) in [4.78, 5) is 43.9. The Kier molecular flexibility index (Phi) is 7.38. The highest BCUT2D eigenvalue weighted by atomic mass is 16.7. The van der Waals surface area contributed by atoms with Crippen molar-refractivity contribution in [2.24, 2.45) is 39.7 Å². The van der Waals surface area contributed by atoms with Crippen LogP contribution in [0.3, 0.4) is 0 Å². The van der Waals surface area contributed by atoms with Crippen LogP contribution < -0.4 is 5.32 Å². The molecule has 7 heteroatoms. The van der Waals surface area contributed by atoms with Gasteiger partial charge in [0.15, 0.2) is 11.6 Å². The van der Waals surface area contributed by atoms with Crippen molar-refractivity contribution < 1.29 is 19.2 Å². The molecule has 1 saturated heterocycles. The van der Waals surface area contributed by atoms with Gasteiger partial charge < -0.3 is 10.2 Å². The summed E-state index contributed by atoms with van der Waals surface area (Å²) in [6.07, 6.45) is 11.4. The first-order valence-electron chi connectivity index (χ1n) is 14.7. The van der Waals surface area contributed by atoms with Crippen LogP contribution in [0.2, 0.25) is 0 Å². The molecule has 0 aromatic carbocycles. The van der Waals surface area contributed by atoms with Gasteiger partial charge in [-0.25, -0.2) is 4.79 Å². The van der Waals surface area contributed by atoms with E-state index in [1.807, 2.05) is 19.9 Å². The zero-order chi connectivity index (χ0) is 26.4. The highest BCUT2D eigenvalue weighted by Gasteiger charge is 2.59. The van der Waals surface area contributed by atoms with E-state index in [2.05, 4.69) is 24.3 Å². The van der Waals surface area contributed by atoms with Crippen LogP contribution in [0, 0.1) is 34.5 Å². The molecular formula is C30H45N3O4. The number of allylic oxidation sites excluding steroid dienone is 1. The van der Waals surface area contributed by atoms with Gasteiger partial charge in [-0.3, -0.25) is 14.4 Å². The van der Waals surface area contributed by atoms with Gasteiger partial charge >= 0.3 is 6.09 Å². The Labute approximate surface area is 221 Å². The number of nitrogens with one attached hydrogen (secondary N) is 1. The van der Waals surface area contributed by atoms with E-state index in [1.54, 1.807) is 4.90 Å². The van der Waals surface area contributed by atoms with E-state index in [-0.39, 0.29) is 22.7 Å². The van der Waals surface area contributed by atoms with Crippen molar-refractivity contribution >= 4 is 23.4 Å². The number of hydrogen-bond acceptors (Lipinski definition) is 6. The summed E-state index contributed by atoms with van der Waals surface area (Å²) in [5, 5.41) is 7.60. The fourth-order valence-corrected chi connectivity index (χ4v) is 9.06. The Hall–Kier alpha value is -2.02. The first kappa shape index (κ1) is 26.6. The van der Waals surface area contributed by atoms with E-state index in [4.69, 9.17) is 4.84 Å². The molecule has 1 N–H and O–H groups in total. The molecule has 1 aliphatic heterocycles. The molecule has 204 valence electrons. The zero-order valence-electron chi connectivity index (χ0n) is 23.2. The van der Waals surface area contributed by atoms with Gasteiger partial charge in [0.05, 0.1) is 11.8 Å². The standard InChI is InChI=1S/C30H45N3O4/c1-5-33(17-13-26-27(35)12-16-31-26)28(36)37-32-19(2)23-8-9-24-22-7-6-20-18-21(34)10-14-29(20,3)25(22)11-15-30(23,24)4/h18,22-26,31H,5-17H2,1-4H3/b32-19+/t22-,23+,24-,25-,26?,29-,30+/m0/s1. The van der Waals surface area contributed by atoms with Crippen molar-refractivity contribution in [2.75, 3.05) is 19.6 Å². The topological polar surface area (TPSA) is 88.1 Å². The Morgan fingerprint density at radius 2 is 1.92 bits per heavy atom. The summed E-state index contributed by atoms with van der Waals surface area (Å²) < 4.78 is 0. The molecule has 0 radical (unpaired) electrons. The molecule has 3 saturated carbocycles. The van der Waals surface area contributed by atoms with Crippen LogP contribution in [-0.2, 0) is 14.4 Å². The molecule has 0 spiro atoms. The normalized spacial score (nSPS) is 39.5. The third-order valence-electron chi connectivity index (χ3n) is 11.2. The lowest BCUT2D eigenvalue weighted by Gasteiger charge is -2.58. The maximum atomic E-state index is 12.8. The molecule has 1 heterocycles. The molecule has 5 rings (SSSR count). The zero-order valence-corrected chi connectivity index (χ0v) is 23.2. The van der Waals surface area contributed by atoms with Crippen LogP contribution in [0.15, 0.2) is 16.8 Å². The lowest BCUT2D eigenvalue weighted by Crippen LogP contribution is -2.51. The number of ketones is 2. The van der Waals surface area contributed by atoms with Crippen LogP contribution in [-0.4, -0.2) is 53.9 Å². The van der Waals surface area contributed by atoms with Crippen LogP contribution >= 0.6 is 0 Å².